The number of carboxylic acids is 1. The number of aromatic hydroxyl groups is 1. The predicted octanol–water partition coefficient (Wildman–Crippen LogP) is 2.52. The molecule has 0 heterocycles. The molecule has 0 amide bonds. The Morgan fingerprint density at radius 3 is 2.32 bits per heavy atom. The van der Waals surface area contributed by atoms with Gasteiger partial charge < -0.3 is 14.9 Å². The lowest BCUT2D eigenvalue weighted by Gasteiger charge is -2.03. The highest BCUT2D eigenvalue weighted by molar-refractivity contribution is 5.84. The highest BCUT2D eigenvalue weighted by Crippen LogP contribution is 2.24. The lowest BCUT2D eigenvalue weighted by atomic mass is 10.3. The summed E-state index contributed by atoms with van der Waals surface area (Å²) in [6, 6.07) is 6.31. The molecule has 1 aromatic carbocycles. The van der Waals surface area contributed by atoms with E-state index in [-0.39, 0.29) is 23.5 Å². The van der Waals surface area contributed by atoms with Gasteiger partial charge in [-0.25, -0.2) is 4.79 Å². The molecular weight excluding hydrogens is 248 g/mol. The molecule has 19 heavy (non-hydrogen) atoms. The van der Waals surface area contributed by atoms with Crippen molar-refractivity contribution in [3.8, 4) is 11.5 Å². The first-order valence-electron chi connectivity index (χ1n) is 5.36. The SMILES string of the molecule is C=C(C)C(=O)O.C=CCC(=O)Oc1ccccc1O. The molecular formula is C14H16O5. The molecule has 5 nitrogen and oxygen atoms in total. The van der Waals surface area contributed by atoms with E-state index in [0.29, 0.717) is 0 Å². The van der Waals surface area contributed by atoms with Crippen molar-refractivity contribution < 1.29 is 24.5 Å². The Kier molecular flexibility index (Phi) is 7.37. The maximum atomic E-state index is 11.0. The number of benzene rings is 1. The third-order valence-electron chi connectivity index (χ3n) is 1.77. The second-order valence-corrected chi connectivity index (χ2v) is 3.52. The van der Waals surface area contributed by atoms with Crippen LogP contribution in [-0.4, -0.2) is 22.2 Å². The molecule has 0 unspecified atom stereocenters. The van der Waals surface area contributed by atoms with Crippen LogP contribution in [0.2, 0.25) is 0 Å². The molecule has 2 N–H and O–H groups in total. The number of hydrogen-bond donors (Lipinski definition) is 2. The van der Waals surface area contributed by atoms with Gasteiger partial charge in [-0.05, 0) is 19.1 Å². The summed E-state index contributed by atoms with van der Waals surface area (Å²) in [6.07, 6.45) is 1.58. The quantitative estimate of drug-likeness (QED) is 0.378. The number of carbonyl (C=O) groups excluding carboxylic acids is 1. The number of rotatable bonds is 4. The van der Waals surface area contributed by atoms with E-state index in [9.17, 15) is 14.7 Å². The molecule has 0 spiro atoms. The lowest BCUT2D eigenvalue weighted by Crippen LogP contribution is -2.05. The van der Waals surface area contributed by atoms with Gasteiger partial charge in [-0.3, -0.25) is 4.79 Å². The zero-order valence-corrected chi connectivity index (χ0v) is 10.6. The van der Waals surface area contributed by atoms with Gasteiger partial charge >= 0.3 is 11.9 Å². The Morgan fingerprint density at radius 1 is 1.37 bits per heavy atom. The fraction of sp³-hybridized carbons (Fsp3) is 0.143. The lowest BCUT2D eigenvalue weighted by molar-refractivity contribution is -0.134. The summed E-state index contributed by atoms with van der Waals surface area (Å²) in [4.78, 5) is 20.6. The number of carbonyl (C=O) groups is 2. The molecule has 0 radical (unpaired) electrons. The fourth-order valence-electron chi connectivity index (χ4n) is 0.826. The van der Waals surface area contributed by atoms with E-state index in [4.69, 9.17) is 9.84 Å². The number of para-hydroxylation sites is 2. The van der Waals surface area contributed by atoms with Crippen LogP contribution >= 0.6 is 0 Å². The number of ether oxygens (including phenoxy) is 1. The Balaban J connectivity index is 0.000000459. The summed E-state index contributed by atoms with van der Waals surface area (Å²) in [6.45, 7) is 8.00. The zero-order valence-electron chi connectivity index (χ0n) is 10.6. The summed E-state index contributed by atoms with van der Waals surface area (Å²) in [5.74, 6) is -1.24. The number of phenolic OH excluding ortho intramolecular Hbond substituents is 1. The fourth-order valence-corrected chi connectivity index (χ4v) is 0.826. The average Bonchev–Trinajstić information content (AvgIpc) is 2.33. The van der Waals surface area contributed by atoms with Crippen molar-refractivity contribution in [2.75, 3.05) is 0 Å². The van der Waals surface area contributed by atoms with E-state index in [1.807, 2.05) is 0 Å². The average molecular weight is 264 g/mol. The van der Waals surface area contributed by atoms with Crippen LogP contribution in [0.4, 0.5) is 0 Å². The van der Waals surface area contributed by atoms with E-state index < -0.39 is 11.9 Å². The minimum atomic E-state index is -0.935. The van der Waals surface area contributed by atoms with Crippen molar-refractivity contribution in [1.29, 1.82) is 0 Å². The van der Waals surface area contributed by atoms with Crippen molar-refractivity contribution in [2.24, 2.45) is 0 Å². The van der Waals surface area contributed by atoms with Gasteiger partial charge in [0, 0.05) is 5.57 Å². The summed E-state index contributed by atoms with van der Waals surface area (Å²) >= 11 is 0. The van der Waals surface area contributed by atoms with E-state index in [0.717, 1.165) is 0 Å². The van der Waals surface area contributed by atoms with Crippen LogP contribution in [0.15, 0.2) is 49.1 Å². The Hall–Kier alpha value is -2.56. The van der Waals surface area contributed by atoms with Gasteiger partial charge in [-0.15, -0.1) is 6.58 Å². The molecule has 1 aromatic rings. The number of esters is 1. The smallest absolute Gasteiger partial charge is 0.330 e. The predicted molar refractivity (Wildman–Crippen MR) is 71.0 cm³/mol. The second-order valence-electron chi connectivity index (χ2n) is 3.52. The largest absolute Gasteiger partial charge is 0.504 e. The molecule has 0 aromatic heterocycles. The molecule has 0 aliphatic heterocycles. The zero-order chi connectivity index (χ0) is 14.8. The van der Waals surface area contributed by atoms with Crippen LogP contribution in [0.3, 0.4) is 0 Å². The molecule has 0 saturated heterocycles. The van der Waals surface area contributed by atoms with Crippen molar-refractivity contribution in [1.82, 2.24) is 0 Å². The maximum Gasteiger partial charge on any atom is 0.330 e. The minimum Gasteiger partial charge on any atom is -0.504 e. The van der Waals surface area contributed by atoms with Crippen molar-refractivity contribution >= 4 is 11.9 Å². The monoisotopic (exact) mass is 264 g/mol. The molecule has 0 bridgehead atoms. The molecule has 1 rings (SSSR count). The number of hydrogen-bond acceptors (Lipinski definition) is 4. The highest BCUT2D eigenvalue weighted by Gasteiger charge is 2.05. The van der Waals surface area contributed by atoms with Gasteiger partial charge in [-0.1, -0.05) is 24.8 Å². The van der Waals surface area contributed by atoms with Crippen molar-refractivity contribution in [3.05, 3.63) is 49.1 Å². The summed E-state index contributed by atoms with van der Waals surface area (Å²) < 4.78 is 4.83. The second kappa shape index (κ2) is 8.52. The third kappa shape index (κ3) is 7.38. The van der Waals surface area contributed by atoms with Crippen molar-refractivity contribution in [2.45, 2.75) is 13.3 Å². The van der Waals surface area contributed by atoms with Gasteiger partial charge in [0.05, 0.1) is 6.42 Å². The third-order valence-corrected chi connectivity index (χ3v) is 1.77. The molecule has 0 fully saturated rings. The van der Waals surface area contributed by atoms with Gasteiger partial charge in [-0.2, -0.15) is 0 Å². The first-order chi connectivity index (χ1) is 8.88. The van der Waals surface area contributed by atoms with Gasteiger partial charge in [0.15, 0.2) is 11.5 Å². The molecule has 0 atom stereocenters. The van der Waals surface area contributed by atoms with Crippen LogP contribution in [0.1, 0.15) is 13.3 Å². The topological polar surface area (TPSA) is 83.8 Å². The van der Waals surface area contributed by atoms with E-state index in [1.54, 1.807) is 12.1 Å². The van der Waals surface area contributed by atoms with E-state index in [2.05, 4.69) is 13.2 Å². The Labute approximate surface area is 111 Å². The molecule has 102 valence electrons. The summed E-state index contributed by atoms with van der Waals surface area (Å²) in [5, 5.41) is 17.1. The standard InChI is InChI=1S/C10H10O3.C4H6O2/c1-2-5-10(12)13-9-7-4-3-6-8(9)11;1-3(2)4(5)6/h2-4,6-7,11H,1,5H2;1H2,2H3,(H,5,6). The molecule has 5 heteroatoms. The first-order valence-corrected chi connectivity index (χ1v) is 5.36. The summed E-state index contributed by atoms with van der Waals surface area (Å²) in [5.41, 5.74) is 0.176. The van der Waals surface area contributed by atoms with Crippen molar-refractivity contribution in [3.63, 3.8) is 0 Å². The van der Waals surface area contributed by atoms with Crippen LogP contribution < -0.4 is 4.74 Å². The van der Waals surface area contributed by atoms with Gasteiger partial charge in [0.1, 0.15) is 0 Å². The maximum absolute atomic E-state index is 11.0. The highest BCUT2D eigenvalue weighted by atomic mass is 16.5. The van der Waals surface area contributed by atoms with E-state index in [1.165, 1.54) is 25.1 Å². The molecule has 0 saturated carbocycles. The Morgan fingerprint density at radius 2 is 1.89 bits per heavy atom. The van der Waals surface area contributed by atoms with Crippen LogP contribution in [-0.2, 0) is 9.59 Å². The molecule has 0 aliphatic carbocycles. The van der Waals surface area contributed by atoms with Gasteiger partial charge in [0.25, 0.3) is 0 Å². The Bertz CT molecular complexity index is 464. The number of aliphatic carboxylic acids is 1. The van der Waals surface area contributed by atoms with Crippen LogP contribution in [0, 0.1) is 0 Å². The van der Waals surface area contributed by atoms with E-state index >= 15 is 0 Å². The first kappa shape index (κ1) is 16.4. The minimum absolute atomic E-state index is 0.0417. The summed E-state index contributed by atoms with van der Waals surface area (Å²) in [7, 11) is 0. The van der Waals surface area contributed by atoms with Crippen LogP contribution in [0.25, 0.3) is 0 Å². The van der Waals surface area contributed by atoms with Gasteiger partial charge in [0.2, 0.25) is 0 Å². The van der Waals surface area contributed by atoms with Crippen LogP contribution in [0.5, 0.6) is 11.5 Å². The number of carboxylic acid groups (broad SMARTS) is 1. The number of phenols is 1. The molecule has 0 aliphatic rings. The normalized spacial score (nSPS) is 8.68.